The van der Waals surface area contributed by atoms with Gasteiger partial charge >= 0.3 is 0 Å². The Morgan fingerprint density at radius 2 is 1.72 bits per heavy atom. The van der Waals surface area contributed by atoms with E-state index in [4.69, 9.17) is 18.9 Å². The van der Waals surface area contributed by atoms with Crippen LogP contribution in [0.1, 0.15) is 53.4 Å². The van der Waals surface area contributed by atoms with Crippen molar-refractivity contribution >= 4 is 0 Å². The molecule has 8 atom stereocenters. The third kappa shape index (κ3) is 3.76. The maximum absolute atomic E-state index is 11.9. The fraction of sp³-hybridized carbons (Fsp3) is 0.739. The molecule has 0 amide bonds. The predicted octanol–water partition coefficient (Wildman–Crippen LogP) is 3.69. The largest absolute Gasteiger partial charge is 0.494 e. The van der Waals surface area contributed by atoms with Crippen LogP contribution in [0.15, 0.2) is 24.3 Å². The first-order chi connectivity index (χ1) is 13.7. The van der Waals surface area contributed by atoms with E-state index in [-0.39, 0.29) is 17.8 Å². The Kier molecular flexibility index (Phi) is 5.57. The monoisotopic (exact) mass is 406 g/mol. The molecule has 3 aliphatic rings. The first-order valence-corrected chi connectivity index (χ1v) is 10.9. The Morgan fingerprint density at radius 1 is 1.03 bits per heavy atom. The Labute approximate surface area is 173 Å². The van der Waals surface area contributed by atoms with E-state index in [1.807, 2.05) is 31.2 Å². The summed E-state index contributed by atoms with van der Waals surface area (Å²) < 4.78 is 23.8. The molecule has 1 saturated carbocycles. The van der Waals surface area contributed by atoms with Gasteiger partial charge in [-0.3, -0.25) is 0 Å². The van der Waals surface area contributed by atoms with E-state index in [0.29, 0.717) is 24.7 Å². The SMILES string of the molecule is CCOc1ccc(OC2O[C@@H]3OC(C)(O)CCC4[C@H](C)CCC([C@H]2C)[C@]43O)cc1. The fourth-order valence-electron chi connectivity index (χ4n) is 5.58. The van der Waals surface area contributed by atoms with Crippen LogP contribution in [0.2, 0.25) is 0 Å². The number of aliphatic hydroxyl groups is 2. The summed E-state index contributed by atoms with van der Waals surface area (Å²) >= 11 is 0. The molecule has 0 bridgehead atoms. The third-order valence-electron chi connectivity index (χ3n) is 7.17. The Balaban J connectivity index is 1.59. The van der Waals surface area contributed by atoms with Crippen LogP contribution in [0.4, 0.5) is 0 Å². The second-order valence-electron chi connectivity index (χ2n) is 9.20. The van der Waals surface area contributed by atoms with Crippen LogP contribution in [0.5, 0.6) is 11.5 Å². The standard InChI is InChI=1S/C23H34O6/c1-5-26-16-7-9-17(10-8-16)27-20-15(3)19-11-6-14(2)18-12-13-22(4,24)29-21(28-20)23(18,19)25/h7-10,14-15,18-21,24-25H,5-6,11-13H2,1-4H3/t14-,15-,18?,19?,20?,21-,22?,23-/m1/s1. The highest BCUT2D eigenvalue weighted by Gasteiger charge is 2.63. The summed E-state index contributed by atoms with van der Waals surface area (Å²) in [5.74, 6) is 0.515. The highest BCUT2D eigenvalue weighted by atomic mass is 16.8. The lowest BCUT2D eigenvalue weighted by Crippen LogP contribution is -2.67. The van der Waals surface area contributed by atoms with Gasteiger partial charge in [-0.25, -0.2) is 0 Å². The van der Waals surface area contributed by atoms with Crippen LogP contribution >= 0.6 is 0 Å². The van der Waals surface area contributed by atoms with Gasteiger partial charge in [-0.1, -0.05) is 13.8 Å². The molecule has 6 heteroatoms. The Hall–Kier alpha value is -1.34. The van der Waals surface area contributed by atoms with Crippen LogP contribution in [-0.4, -0.2) is 40.8 Å². The normalized spacial score (nSPS) is 44.5. The lowest BCUT2D eigenvalue weighted by Gasteiger charge is -2.57. The summed E-state index contributed by atoms with van der Waals surface area (Å²) in [6.07, 6.45) is 1.66. The van der Waals surface area contributed by atoms with Gasteiger partial charge < -0.3 is 29.2 Å². The number of rotatable bonds is 4. The van der Waals surface area contributed by atoms with Crippen LogP contribution in [0.3, 0.4) is 0 Å². The van der Waals surface area contributed by atoms with E-state index >= 15 is 0 Å². The van der Waals surface area contributed by atoms with Crippen molar-refractivity contribution in [3.63, 3.8) is 0 Å². The van der Waals surface area contributed by atoms with Crippen molar-refractivity contribution in [3.05, 3.63) is 24.3 Å². The Morgan fingerprint density at radius 3 is 2.41 bits per heavy atom. The molecule has 1 aliphatic carbocycles. The van der Waals surface area contributed by atoms with Gasteiger partial charge in [0.1, 0.15) is 17.1 Å². The summed E-state index contributed by atoms with van der Waals surface area (Å²) in [5, 5.41) is 22.5. The zero-order valence-corrected chi connectivity index (χ0v) is 17.8. The van der Waals surface area contributed by atoms with Crippen LogP contribution in [0.25, 0.3) is 0 Å². The van der Waals surface area contributed by atoms with Gasteiger partial charge in [0.05, 0.1) is 6.61 Å². The van der Waals surface area contributed by atoms with E-state index in [1.54, 1.807) is 6.92 Å². The van der Waals surface area contributed by atoms with Gasteiger partial charge in [-0.15, -0.1) is 0 Å². The van der Waals surface area contributed by atoms with Crippen molar-refractivity contribution in [2.75, 3.05) is 6.61 Å². The van der Waals surface area contributed by atoms with Gasteiger partial charge in [0, 0.05) is 18.3 Å². The molecule has 0 spiro atoms. The average Bonchev–Trinajstić information content (AvgIpc) is 2.77. The zero-order chi connectivity index (χ0) is 20.8. The molecule has 29 heavy (non-hydrogen) atoms. The first-order valence-electron chi connectivity index (χ1n) is 10.9. The molecule has 4 rings (SSSR count). The molecule has 2 saturated heterocycles. The molecule has 2 N–H and O–H groups in total. The van der Waals surface area contributed by atoms with E-state index in [1.165, 1.54) is 0 Å². The van der Waals surface area contributed by atoms with Crippen molar-refractivity contribution < 1.29 is 29.2 Å². The van der Waals surface area contributed by atoms with Crippen LogP contribution in [0, 0.1) is 23.7 Å². The highest BCUT2D eigenvalue weighted by Crippen LogP contribution is 2.55. The molecule has 1 aromatic rings. The number of benzene rings is 1. The summed E-state index contributed by atoms with van der Waals surface area (Å²) in [6, 6.07) is 7.46. The topological polar surface area (TPSA) is 77.4 Å². The molecule has 6 nitrogen and oxygen atoms in total. The molecule has 4 unspecified atom stereocenters. The Bertz CT molecular complexity index is 704. The minimum absolute atomic E-state index is 0.00975. The molecule has 2 heterocycles. The van der Waals surface area contributed by atoms with Crippen LogP contribution < -0.4 is 9.47 Å². The predicted molar refractivity (Wildman–Crippen MR) is 107 cm³/mol. The summed E-state index contributed by atoms with van der Waals surface area (Å²) in [6.45, 7) is 8.47. The molecular formula is C23H34O6. The van der Waals surface area contributed by atoms with Gasteiger partial charge in [0.15, 0.2) is 12.1 Å². The van der Waals surface area contributed by atoms with Gasteiger partial charge in [-0.2, -0.15) is 0 Å². The van der Waals surface area contributed by atoms with E-state index in [2.05, 4.69) is 13.8 Å². The lowest BCUT2D eigenvalue weighted by molar-refractivity contribution is -0.398. The quantitative estimate of drug-likeness (QED) is 0.794. The minimum atomic E-state index is -1.33. The van der Waals surface area contributed by atoms with Crippen molar-refractivity contribution in [1.29, 1.82) is 0 Å². The fourth-order valence-corrected chi connectivity index (χ4v) is 5.58. The highest BCUT2D eigenvalue weighted by molar-refractivity contribution is 5.31. The zero-order valence-electron chi connectivity index (χ0n) is 17.8. The lowest BCUT2D eigenvalue weighted by atomic mass is 9.58. The molecular weight excluding hydrogens is 372 g/mol. The summed E-state index contributed by atoms with van der Waals surface area (Å²) in [4.78, 5) is 0. The van der Waals surface area contributed by atoms with Gasteiger partial charge in [0.2, 0.25) is 6.29 Å². The molecule has 162 valence electrons. The smallest absolute Gasteiger partial charge is 0.205 e. The molecule has 1 aromatic carbocycles. The van der Waals surface area contributed by atoms with Crippen molar-refractivity contribution in [2.24, 2.45) is 23.7 Å². The second-order valence-corrected chi connectivity index (χ2v) is 9.20. The average molecular weight is 407 g/mol. The van der Waals surface area contributed by atoms with E-state index in [9.17, 15) is 10.2 Å². The number of ether oxygens (including phenoxy) is 4. The third-order valence-corrected chi connectivity index (χ3v) is 7.17. The molecule has 0 aromatic heterocycles. The van der Waals surface area contributed by atoms with Gasteiger partial charge in [0.25, 0.3) is 0 Å². The molecule has 0 radical (unpaired) electrons. The maximum Gasteiger partial charge on any atom is 0.205 e. The van der Waals surface area contributed by atoms with Crippen molar-refractivity contribution in [2.45, 2.75) is 77.3 Å². The molecule has 3 fully saturated rings. The second kappa shape index (κ2) is 7.73. The summed E-state index contributed by atoms with van der Waals surface area (Å²) in [5.41, 5.74) is -1.11. The van der Waals surface area contributed by atoms with E-state index in [0.717, 1.165) is 25.0 Å². The van der Waals surface area contributed by atoms with Crippen LogP contribution in [-0.2, 0) is 9.47 Å². The van der Waals surface area contributed by atoms with Crippen molar-refractivity contribution in [3.8, 4) is 11.5 Å². The maximum atomic E-state index is 11.9. The first kappa shape index (κ1) is 20.9. The number of hydrogen-bond donors (Lipinski definition) is 2. The summed E-state index contributed by atoms with van der Waals surface area (Å²) in [7, 11) is 0. The minimum Gasteiger partial charge on any atom is -0.494 e. The van der Waals surface area contributed by atoms with Crippen molar-refractivity contribution in [1.82, 2.24) is 0 Å². The van der Waals surface area contributed by atoms with E-state index < -0.39 is 24.0 Å². The van der Waals surface area contributed by atoms with Gasteiger partial charge in [-0.05, 0) is 69.2 Å². The molecule has 2 aliphatic heterocycles. The number of hydrogen-bond acceptors (Lipinski definition) is 6.